The Hall–Kier alpha value is -1.35. The Morgan fingerprint density at radius 3 is 1.41 bits per heavy atom. The molecule has 2 nitrogen and oxygen atoms in total. The van der Waals surface area contributed by atoms with Crippen molar-refractivity contribution in [1.29, 1.82) is 0 Å². The number of rotatable bonds is 4. The maximum absolute atomic E-state index is 5.91. The van der Waals surface area contributed by atoms with Crippen LogP contribution in [0.2, 0.25) is 10.0 Å². The second kappa shape index (κ2) is 7.77. The van der Waals surface area contributed by atoms with Crippen molar-refractivity contribution >= 4 is 35.6 Å². The minimum absolute atomic E-state index is 0. The van der Waals surface area contributed by atoms with Crippen LogP contribution in [0, 0.1) is 0 Å². The van der Waals surface area contributed by atoms with Crippen molar-refractivity contribution < 1.29 is 0 Å². The van der Waals surface area contributed by atoms with Gasteiger partial charge in [0, 0.05) is 35.5 Å². The Morgan fingerprint density at radius 1 is 0.682 bits per heavy atom. The summed E-state index contributed by atoms with van der Waals surface area (Å²) < 4.78 is 0. The largest absolute Gasteiger partial charge is 0.354 e. The predicted molar refractivity (Wildman–Crippen MR) is 95.2 cm³/mol. The van der Waals surface area contributed by atoms with Crippen molar-refractivity contribution in [1.82, 2.24) is 9.80 Å². The van der Waals surface area contributed by atoms with E-state index in [1.165, 1.54) is 11.1 Å². The monoisotopic (exact) mass is 354 g/mol. The van der Waals surface area contributed by atoms with Gasteiger partial charge in [0.15, 0.2) is 0 Å². The Balaban J connectivity index is 0.00000176. The van der Waals surface area contributed by atoms with E-state index in [1.54, 1.807) is 0 Å². The van der Waals surface area contributed by atoms with Gasteiger partial charge in [-0.05, 0) is 35.4 Å². The van der Waals surface area contributed by atoms with Crippen LogP contribution in [0.15, 0.2) is 60.9 Å². The molecule has 2 aromatic carbocycles. The molecular formula is C17H17Cl3N2. The molecule has 3 rings (SSSR count). The van der Waals surface area contributed by atoms with Crippen molar-refractivity contribution in [2.75, 3.05) is 6.67 Å². The van der Waals surface area contributed by atoms with Crippen LogP contribution in [0.3, 0.4) is 0 Å². The molecule has 0 unspecified atom stereocenters. The molecule has 0 amide bonds. The lowest BCUT2D eigenvalue weighted by molar-refractivity contribution is 0.255. The molecule has 0 radical (unpaired) electrons. The normalized spacial score (nSPS) is 13.4. The smallest absolute Gasteiger partial charge is 0.0900 e. The van der Waals surface area contributed by atoms with Gasteiger partial charge in [0.2, 0.25) is 0 Å². The van der Waals surface area contributed by atoms with Gasteiger partial charge in [-0.25, -0.2) is 0 Å². The van der Waals surface area contributed by atoms with Gasteiger partial charge in [-0.1, -0.05) is 47.5 Å². The minimum atomic E-state index is 0. The first-order chi connectivity index (χ1) is 10.2. The van der Waals surface area contributed by atoms with Gasteiger partial charge in [-0.2, -0.15) is 0 Å². The summed E-state index contributed by atoms with van der Waals surface area (Å²) in [6.07, 6.45) is 4.26. The zero-order valence-electron chi connectivity index (χ0n) is 12.0. The summed E-state index contributed by atoms with van der Waals surface area (Å²) in [7, 11) is 0. The average molecular weight is 356 g/mol. The molecule has 0 atom stereocenters. The van der Waals surface area contributed by atoms with Gasteiger partial charge in [-0.15, -0.1) is 12.4 Å². The minimum Gasteiger partial charge on any atom is -0.354 e. The zero-order chi connectivity index (χ0) is 14.7. The average Bonchev–Trinajstić information content (AvgIpc) is 2.91. The maximum Gasteiger partial charge on any atom is 0.0900 e. The lowest BCUT2D eigenvalue weighted by atomic mass is 10.2. The topological polar surface area (TPSA) is 6.48 Å². The Bertz CT molecular complexity index is 568. The molecule has 2 aromatic rings. The standard InChI is InChI=1S/C17H16Cl2N2.ClH/c18-16-5-1-14(2-6-16)11-20-9-10-21(13-20)12-15-3-7-17(19)8-4-15;/h1-10H,11-13H2;1H. The molecule has 0 N–H and O–H groups in total. The molecule has 0 saturated carbocycles. The highest BCUT2D eigenvalue weighted by molar-refractivity contribution is 6.30. The fraction of sp³-hybridized carbons (Fsp3) is 0.176. The molecule has 0 saturated heterocycles. The summed E-state index contributed by atoms with van der Waals surface area (Å²) in [6.45, 7) is 2.68. The van der Waals surface area contributed by atoms with Crippen molar-refractivity contribution in [2.45, 2.75) is 13.1 Å². The highest BCUT2D eigenvalue weighted by Crippen LogP contribution is 2.17. The first-order valence-electron chi connectivity index (χ1n) is 6.84. The molecule has 1 aliphatic rings. The molecule has 1 heterocycles. The van der Waals surface area contributed by atoms with E-state index in [0.29, 0.717) is 0 Å². The molecule has 5 heteroatoms. The molecule has 0 bridgehead atoms. The summed E-state index contributed by atoms with van der Waals surface area (Å²) in [4.78, 5) is 4.55. The molecule has 116 valence electrons. The number of benzene rings is 2. The third kappa shape index (κ3) is 4.57. The third-order valence-electron chi connectivity index (χ3n) is 3.45. The molecule has 0 aliphatic carbocycles. The maximum atomic E-state index is 5.91. The van der Waals surface area contributed by atoms with E-state index in [0.717, 1.165) is 29.8 Å². The van der Waals surface area contributed by atoms with Crippen LogP contribution in [0.4, 0.5) is 0 Å². The molecule has 0 fully saturated rings. The Labute approximate surface area is 147 Å². The van der Waals surface area contributed by atoms with E-state index in [-0.39, 0.29) is 12.4 Å². The Kier molecular flexibility index (Phi) is 6.01. The summed E-state index contributed by atoms with van der Waals surface area (Å²) >= 11 is 11.8. The van der Waals surface area contributed by atoms with E-state index in [2.05, 4.69) is 46.5 Å². The number of nitrogens with zero attached hydrogens (tertiary/aromatic N) is 2. The molecule has 1 aliphatic heterocycles. The number of hydrogen-bond donors (Lipinski definition) is 0. The molecule has 0 aromatic heterocycles. The second-order valence-electron chi connectivity index (χ2n) is 5.19. The zero-order valence-corrected chi connectivity index (χ0v) is 14.3. The lowest BCUT2D eigenvalue weighted by Gasteiger charge is -2.21. The van der Waals surface area contributed by atoms with Gasteiger partial charge >= 0.3 is 0 Å². The van der Waals surface area contributed by atoms with E-state index < -0.39 is 0 Å². The van der Waals surface area contributed by atoms with E-state index in [4.69, 9.17) is 23.2 Å². The predicted octanol–water partition coefficient (Wildman–Crippen LogP) is 5.16. The highest BCUT2D eigenvalue weighted by atomic mass is 35.5. The first-order valence-corrected chi connectivity index (χ1v) is 7.60. The first kappa shape index (κ1) is 17.0. The van der Waals surface area contributed by atoms with Crippen molar-refractivity contribution in [3.8, 4) is 0 Å². The number of halogens is 3. The van der Waals surface area contributed by atoms with Crippen LogP contribution in [-0.2, 0) is 13.1 Å². The van der Waals surface area contributed by atoms with Crippen LogP contribution < -0.4 is 0 Å². The van der Waals surface area contributed by atoms with Gasteiger partial charge in [0.1, 0.15) is 0 Å². The van der Waals surface area contributed by atoms with Crippen LogP contribution >= 0.6 is 35.6 Å². The Morgan fingerprint density at radius 2 is 1.05 bits per heavy atom. The number of hydrogen-bond acceptors (Lipinski definition) is 2. The summed E-state index contributed by atoms with van der Waals surface area (Å²) in [5.41, 5.74) is 2.52. The summed E-state index contributed by atoms with van der Waals surface area (Å²) in [5.74, 6) is 0. The van der Waals surface area contributed by atoms with Crippen LogP contribution in [0.1, 0.15) is 11.1 Å². The second-order valence-corrected chi connectivity index (χ2v) is 6.06. The van der Waals surface area contributed by atoms with Gasteiger partial charge in [0.05, 0.1) is 6.67 Å². The van der Waals surface area contributed by atoms with Crippen molar-refractivity contribution in [3.05, 3.63) is 82.1 Å². The fourth-order valence-corrected chi connectivity index (χ4v) is 2.62. The van der Waals surface area contributed by atoms with Crippen molar-refractivity contribution in [2.24, 2.45) is 0 Å². The third-order valence-corrected chi connectivity index (χ3v) is 3.95. The van der Waals surface area contributed by atoms with E-state index >= 15 is 0 Å². The van der Waals surface area contributed by atoms with Crippen LogP contribution in [0.25, 0.3) is 0 Å². The summed E-state index contributed by atoms with van der Waals surface area (Å²) in [5, 5.41) is 1.56. The van der Waals surface area contributed by atoms with Crippen LogP contribution in [-0.4, -0.2) is 16.5 Å². The van der Waals surface area contributed by atoms with Gasteiger partial charge in [-0.3, -0.25) is 0 Å². The molecule has 22 heavy (non-hydrogen) atoms. The summed E-state index contributed by atoms with van der Waals surface area (Å²) in [6, 6.07) is 16.0. The fourth-order valence-electron chi connectivity index (χ4n) is 2.37. The van der Waals surface area contributed by atoms with Crippen LogP contribution in [0.5, 0.6) is 0 Å². The molecule has 0 spiro atoms. The SMILES string of the molecule is Cl.Clc1ccc(CN2C=CN(Cc3ccc(Cl)cc3)C2)cc1. The van der Waals surface area contributed by atoms with Crippen molar-refractivity contribution in [3.63, 3.8) is 0 Å². The van der Waals surface area contributed by atoms with Gasteiger partial charge in [0.25, 0.3) is 0 Å². The lowest BCUT2D eigenvalue weighted by Crippen LogP contribution is -2.24. The van der Waals surface area contributed by atoms with E-state index in [1.807, 2.05) is 24.3 Å². The van der Waals surface area contributed by atoms with E-state index in [9.17, 15) is 0 Å². The van der Waals surface area contributed by atoms with Gasteiger partial charge < -0.3 is 9.80 Å². The molecular weight excluding hydrogens is 339 g/mol. The highest BCUT2D eigenvalue weighted by Gasteiger charge is 2.12. The quantitative estimate of drug-likeness (QED) is 0.747.